The predicted octanol–water partition coefficient (Wildman–Crippen LogP) is 2.28. The number of nitrogens with zero attached hydrogens (tertiary/aromatic N) is 1. The first-order chi connectivity index (χ1) is 10.6. The minimum Gasteiger partial charge on any atom is -0.493 e. The molecule has 0 radical (unpaired) electrons. The molecule has 22 heavy (non-hydrogen) atoms. The first-order valence-corrected chi connectivity index (χ1v) is 8.39. The van der Waals surface area contributed by atoms with Gasteiger partial charge < -0.3 is 15.4 Å². The van der Waals surface area contributed by atoms with Crippen molar-refractivity contribution in [1.82, 2.24) is 4.90 Å². The van der Waals surface area contributed by atoms with E-state index in [2.05, 4.69) is 12.1 Å². The van der Waals surface area contributed by atoms with Gasteiger partial charge in [-0.25, -0.2) is 0 Å². The van der Waals surface area contributed by atoms with E-state index in [1.54, 1.807) is 0 Å². The number of rotatable bonds is 4. The van der Waals surface area contributed by atoms with E-state index in [1.807, 2.05) is 18.0 Å². The van der Waals surface area contributed by atoms with Gasteiger partial charge in [0.15, 0.2) is 0 Å². The van der Waals surface area contributed by atoms with Crippen LogP contribution in [0.4, 0.5) is 0 Å². The number of ether oxygens (including phenoxy) is 1. The zero-order valence-electron chi connectivity index (χ0n) is 13.4. The Morgan fingerprint density at radius 3 is 2.86 bits per heavy atom. The van der Waals surface area contributed by atoms with Gasteiger partial charge in [-0.1, -0.05) is 12.1 Å². The highest BCUT2D eigenvalue weighted by Gasteiger charge is 2.24. The average Bonchev–Trinajstić information content (AvgIpc) is 3.00. The SMILES string of the molecule is CN(C(=O)CCc1ccc2c(c1)CCO2)C1CCC(N)CC1. The summed E-state index contributed by atoms with van der Waals surface area (Å²) in [6.45, 7) is 0.782. The van der Waals surface area contributed by atoms with Crippen molar-refractivity contribution in [3.63, 3.8) is 0 Å². The van der Waals surface area contributed by atoms with Crippen LogP contribution in [0.3, 0.4) is 0 Å². The zero-order valence-corrected chi connectivity index (χ0v) is 13.4. The maximum Gasteiger partial charge on any atom is 0.222 e. The maximum atomic E-state index is 12.4. The summed E-state index contributed by atoms with van der Waals surface area (Å²) in [6, 6.07) is 7.01. The van der Waals surface area contributed by atoms with Gasteiger partial charge in [0.2, 0.25) is 5.91 Å². The van der Waals surface area contributed by atoms with Crippen molar-refractivity contribution in [3.8, 4) is 5.75 Å². The summed E-state index contributed by atoms with van der Waals surface area (Å²) >= 11 is 0. The zero-order chi connectivity index (χ0) is 15.5. The van der Waals surface area contributed by atoms with Crippen LogP contribution in [-0.2, 0) is 17.6 Å². The molecule has 0 saturated heterocycles. The number of fused-ring (bicyclic) bond motifs is 1. The summed E-state index contributed by atoms with van der Waals surface area (Å²) in [5.74, 6) is 1.25. The lowest BCUT2D eigenvalue weighted by Crippen LogP contribution is -2.41. The smallest absolute Gasteiger partial charge is 0.222 e. The largest absolute Gasteiger partial charge is 0.493 e. The van der Waals surface area contributed by atoms with Crippen LogP contribution in [0.15, 0.2) is 18.2 Å². The fourth-order valence-electron chi connectivity index (χ4n) is 3.52. The second-order valence-corrected chi connectivity index (χ2v) is 6.61. The van der Waals surface area contributed by atoms with Crippen LogP contribution in [0.1, 0.15) is 43.2 Å². The van der Waals surface area contributed by atoms with Crippen LogP contribution in [0.5, 0.6) is 5.75 Å². The summed E-state index contributed by atoms with van der Waals surface area (Å²) < 4.78 is 5.52. The average molecular weight is 302 g/mol. The van der Waals surface area contributed by atoms with Crippen molar-refractivity contribution in [2.24, 2.45) is 5.73 Å². The van der Waals surface area contributed by atoms with E-state index in [4.69, 9.17) is 10.5 Å². The molecule has 1 fully saturated rings. The Hall–Kier alpha value is -1.55. The molecule has 120 valence electrons. The summed E-state index contributed by atoms with van der Waals surface area (Å²) in [5, 5.41) is 0. The van der Waals surface area contributed by atoms with Gasteiger partial charge in [0.25, 0.3) is 0 Å². The molecule has 1 heterocycles. The molecule has 0 spiro atoms. The highest BCUT2D eigenvalue weighted by molar-refractivity contribution is 5.76. The Bertz CT molecular complexity index is 536. The van der Waals surface area contributed by atoms with Crippen molar-refractivity contribution in [2.45, 2.75) is 57.0 Å². The second-order valence-electron chi connectivity index (χ2n) is 6.61. The Kier molecular flexibility index (Phi) is 4.67. The van der Waals surface area contributed by atoms with Gasteiger partial charge in [-0.15, -0.1) is 0 Å². The van der Waals surface area contributed by atoms with E-state index in [0.29, 0.717) is 18.5 Å². The lowest BCUT2D eigenvalue weighted by atomic mass is 9.91. The number of nitrogens with two attached hydrogens (primary N) is 1. The molecule has 0 bridgehead atoms. The molecule has 1 amide bonds. The van der Waals surface area contributed by atoms with Gasteiger partial charge in [-0.2, -0.15) is 0 Å². The van der Waals surface area contributed by atoms with Gasteiger partial charge in [0.1, 0.15) is 5.75 Å². The molecular formula is C18H26N2O2. The summed E-state index contributed by atoms with van der Waals surface area (Å²) in [7, 11) is 1.94. The van der Waals surface area contributed by atoms with Crippen molar-refractivity contribution in [2.75, 3.05) is 13.7 Å². The molecule has 4 nitrogen and oxygen atoms in total. The first kappa shape index (κ1) is 15.3. The number of aryl methyl sites for hydroxylation is 1. The van der Waals surface area contributed by atoms with Crippen LogP contribution in [0.2, 0.25) is 0 Å². The third-order valence-corrected chi connectivity index (χ3v) is 5.06. The van der Waals surface area contributed by atoms with E-state index in [0.717, 1.165) is 50.9 Å². The number of hydrogen-bond acceptors (Lipinski definition) is 3. The van der Waals surface area contributed by atoms with E-state index >= 15 is 0 Å². The fraction of sp³-hybridized carbons (Fsp3) is 0.611. The molecule has 0 unspecified atom stereocenters. The van der Waals surface area contributed by atoms with Crippen molar-refractivity contribution < 1.29 is 9.53 Å². The van der Waals surface area contributed by atoms with Crippen LogP contribution in [0.25, 0.3) is 0 Å². The van der Waals surface area contributed by atoms with Gasteiger partial charge in [-0.05, 0) is 49.3 Å². The second kappa shape index (κ2) is 6.69. The minimum absolute atomic E-state index is 0.247. The van der Waals surface area contributed by atoms with Gasteiger partial charge in [0.05, 0.1) is 6.61 Å². The van der Waals surface area contributed by atoms with E-state index in [-0.39, 0.29) is 5.91 Å². The van der Waals surface area contributed by atoms with Gasteiger partial charge in [-0.3, -0.25) is 4.79 Å². The van der Waals surface area contributed by atoms with Crippen molar-refractivity contribution in [3.05, 3.63) is 29.3 Å². The standard InChI is InChI=1S/C18H26N2O2/c1-20(16-6-4-15(19)5-7-16)18(21)9-3-13-2-8-17-14(12-13)10-11-22-17/h2,8,12,15-16H,3-7,9-11,19H2,1H3. The van der Waals surface area contributed by atoms with Crippen LogP contribution in [0, 0.1) is 0 Å². The van der Waals surface area contributed by atoms with Crippen molar-refractivity contribution >= 4 is 5.91 Å². The number of hydrogen-bond donors (Lipinski definition) is 1. The van der Waals surface area contributed by atoms with E-state index < -0.39 is 0 Å². The van der Waals surface area contributed by atoms with E-state index in [1.165, 1.54) is 11.1 Å². The monoisotopic (exact) mass is 302 g/mol. The lowest BCUT2D eigenvalue weighted by Gasteiger charge is -2.33. The molecule has 4 heteroatoms. The van der Waals surface area contributed by atoms with Crippen LogP contribution < -0.4 is 10.5 Å². The molecule has 1 saturated carbocycles. The molecule has 3 rings (SSSR count). The maximum absolute atomic E-state index is 12.4. The molecular weight excluding hydrogens is 276 g/mol. The molecule has 1 aromatic rings. The quantitative estimate of drug-likeness (QED) is 0.928. The molecule has 2 N–H and O–H groups in total. The fourth-order valence-corrected chi connectivity index (χ4v) is 3.52. The summed E-state index contributed by atoms with van der Waals surface area (Å²) in [6.07, 6.45) is 6.53. The highest BCUT2D eigenvalue weighted by atomic mass is 16.5. The number of carbonyl (C=O) groups is 1. The Balaban J connectivity index is 1.51. The summed E-state index contributed by atoms with van der Waals surface area (Å²) in [4.78, 5) is 14.3. The minimum atomic E-state index is 0.247. The Labute approximate surface area is 132 Å². The number of amides is 1. The first-order valence-electron chi connectivity index (χ1n) is 8.39. The van der Waals surface area contributed by atoms with E-state index in [9.17, 15) is 4.79 Å². The summed E-state index contributed by atoms with van der Waals surface area (Å²) in [5.41, 5.74) is 8.45. The number of benzene rings is 1. The molecule has 1 aliphatic carbocycles. The molecule has 0 aromatic heterocycles. The molecule has 2 aliphatic rings. The Morgan fingerprint density at radius 2 is 2.09 bits per heavy atom. The lowest BCUT2D eigenvalue weighted by molar-refractivity contribution is -0.132. The third-order valence-electron chi connectivity index (χ3n) is 5.06. The topological polar surface area (TPSA) is 55.6 Å². The van der Waals surface area contributed by atoms with Crippen molar-refractivity contribution in [1.29, 1.82) is 0 Å². The molecule has 1 aliphatic heterocycles. The number of carbonyl (C=O) groups excluding carboxylic acids is 1. The molecule has 1 aromatic carbocycles. The van der Waals surface area contributed by atoms with Gasteiger partial charge in [0, 0.05) is 32.0 Å². The predicted molar refractivity (Wildman–Crippen MR) is 87.0 cm³/mol. The van der Waals surface area contributed by atoms with Crippen LogP contribution >= 0.6 is 0 Å². The Morgan fingerprint density at radius 1 is 1.32 bits per heavy atom. The molecule has 0 atom stereocenters. The highest BCUT2D eigenvalue weighted by Crippen LogP contribution is 2.26. The third kappa shape index (κ3) is 3.43. The van der Waals surface area contributed by atoms with Crippen LogP contribution in [-0.4, -0.2) is 36.5 Å². The normalized spacial score (nSPS) is 23.7. The van der Waals surface area contributed by atoms with Gasteiger partial charge >= 0.3 is 0 Å².